The van der Waals surface area contributed by atoms with E-state index in [9.17, 15) is 9.59 Å². The van der Waals surface area contributed by atoms with Crippen LogP contribution in [0.2, 0.25) is 0 Å². The molecule has 0 unspecified atom stereocenters. The number of amides is 2. The molecule has 2 aromatic rings. The molecular formula is C22H25N5O2. The number of benzene rings is 2. The maximum absolute atomic E-state index is 12.4. The quantitative estimate of drug-likeness (QED) is 0.846. The molecule has 0 radical (unpaired) electrons. The number of hydrogen-bond acceptors (Lipinski definition) is 5. The van der Waals surface area contributed by atoms with E-state index < -0.39 is 0 Å². The van der Waals surface area contributed by atoms with Crippen molar-refractivity contribution >= 4 is 28.9 Å². The van der Waals surface area contributed by atoms with Crippen molar-refractivity contribution in [1.29, 1.82) is 5.26 Å². The van der Waals surface area contributed by atoms with Crippen LogP contribution in [0.25, 0.3) is 0 Å². The summed E-state index contributed by atoms with van der Waals surface area (Å²) in [6.45, 7) is 5.33. The zero-order valence-electron chi connectivity index (χ0n) is 16.8. The Morgan fingerprint density at radius 1 is 1.10 bits per heavy atom. The molecule has 2 aromatic carbocycles. The summed E-state index contributed by atoms with van der Waals surface area (Å²) in [4.78, 5) is 30.6. The molecule has 1 aliphatic heterocycles. The molecule has 2 amide bonds. The second-order valence-electron chi connectivity index (χ2n) is 7.15. The molecular weight excluding hydrogens is 366 g/mol. The van der Waals surface area contributed by atoms with E-state index in [1.165, 1.54) is 11.8 Å². The molecule has 1 heterocycles. The molecule has 0 spiro atoms. The summed E-state index contributed by atoms with van der Waals surface area (Å²) in [5, 5.41) is 11.7. The monoisotopic (exact) mass is 391 g/mol. The Kier molecular flexibility index (Phi) is 6.47. The largest absolute Gasteiger partial charge is 0.369 e. The highest BCUT2D eigenvalue weighted by Gasteiger charge is 2.18. The number of hydrogen-bond donors (Lipinski definition) is 1. The Balaban J connectivity index is 1.66. The fraction of sp³-hybridized carbons (Fsp3) is 0.318. The van der Waals surface area contributed by atoms with E-state index in [4.69, 9.17) is 5.26 Å². The third kappa shape index (κ3) is 5.33. The van der Waals surface area contributed by atoms with Crippen molar-refractivity contribution in [2.45, 2.75) is 6.92 Å². The van der Waals surface area contributed by atoms with Crippen molar-refractivity contribution in [3.8, 4) is 6.07 Å². The van der Waals surface area contributed by atoms with Crippen molar-refractivity contribution in [3.63, 3.8) is 0 Å². The Hall–Kier alpha value is -3.37. The number of carbonyl (C=O) groups is 2. The molecule has 7 nitrogen and oxygen atoms in total. The zero-order chi connectivity index (χ0) is 20.8. The SMILES string of the molecule is CC(=O)N(CC(=O)Nc1cccc(C#N)c1)c1ccc(N2CCN(C)CC2)cc1. The molecule has 0 bridgehead atoms. The molecule has 1 saturated heterocycles. The lowest BCUT2D eigenvalue weighted by Crippen LogP contribution is -2.44. The van der Waals surface area contributed by atoms with Gasteiger partial charge in [-0.3, -0.25) is 9.59 Å². The van der Waals surface area contributed by atoms with E-state index in [0.717, 1.165) is 31.9 Å². The highest BCUT2D eigenvalue weighted by molar-refractivity contribution is 6.01. The molecule has 0 aliphatic carbocycles. The predicted molar refractivity (Wildman–Crippen MR) is 114 cm³/mol. The summed E-state index contributed by atoms with van der Waals surface area (Å²) in [5.41, 5.74) is 2.79. The zero-order valence-corrected chi connectivity index (χ0v) is 16.8. The second kappa shape index (κ2) is 9.22. The van der Waals surface area contributed by atoms with Gasteiger partial charge in [-0.1, -0.05) is 6.07 Å². The van der Waals surface area contributed by atoms with Gasteiger partial charge >= 0.3 is 0 Å². The summed E-state index contributed by atoms with van der Waals surface area (Å²) >= 11 is 0. The molecule has 150 valence electrons. The fourth-order valence-corrected chi connectivity index (χ4v) is 3.30. The minimum absolute atomic E-state index is 0.0973. The van der Waals surface area contributed by atoms with Crippen LogP contribution in [0.4, 0.5) is 17.1 Å². The molecule has 29 heavy (non-hydrogen) atoms. The predicted octanol–water partition coefficient (Wildman–Crippen LogP) is 2.30. The number of rotatable bonds is 5. The summed E-state index contributed by atoms with van der Waals surface area (Å²) in [6.07, 6.45) is 0. The number of nitrogens with one attached hydrogen (secondary N) is 1. The van der Waals surface area contributed by atoms with Gasteiger partial charge in [-0.25, -0.2) is 0 Å². The van der Waals surface area contributed by atoms with Gasteiger partial charge in [-0.2, -0.15) is 5.26 Å². The summed E-state index contributed by atoms with van der Waals surface area (Å²) in [6, 6.07) is 16.4. The summed E-state index contributed by atoms with van der Waals surface area (Å²) in [7, 11) is 2.12. The third-order valence-electron chi connectivity index (χ3n) is 4.99. The van der Waals surface area contributed by atoms with E-state index in [0.29, 0.717) is 16.9 Å². The van der Waals surface area contributed by atoms with E-state index in [-0.39, 0.29) is 18.4 Å². The summed E-state index contributed by atoms with van der Waals surface area (Å²) < 4.78 is 0. The maximum Gasteiger partial charge on any atom is 0.244 e. The lowest BCUT2D eigenvalue weighted by Gasteiger charge is -2.34. The van der Waals surface area contributed by atoms with Crippen LogP contribution in [0.1, 0.15) is 12.5 Å². The van der Waals surface area contributed by atoms with Crippen molar-refractivity contribution in [3.05, 3.63) is 54.1 Å². The molecule has 0 atom stereocenters. The van der Waals surface area contributed by atoms with Crippen LogP contribution >= 0.6 is 0 Å². The van der Waals surface area contributed by atoms with Gasteiger partial charge in [0, 0.05) is 50.2 Å². The summed E-state index contributed by atoms with van der Waals surface area (Å²) in [5.74, 6) is -0.531. The van der Waals surface area contributed by atoms with Gasteiger partial charge in [0.25, 0.3) is 0 Å². The van der Waals surface area contributed by atoms with Crippen LogP contribution in [0.5, 0.6) is 0 Å². The molecule has 0 aromatic heterocycles. The Labute approximate surface area is 171 Å². The first-order valence-corrected chi connectivity index (χ1v) is 9.58. The second-order valence-corrected chi connectivity index (χ2v) is 7.15. The number of likely N-dealkylation sites (N-methyl/N-ethyl adjacent to an activating group) is 1. The van der Waals surface area contributed by atoms with Crippen LogP contribution < -0.4 is 15.1 Å². The van der Waals surface area contributed by atoms with Crippen LogP contribution in [0.3, 0.4) is 0 Å². The molecule has 1 fully saturated rings. The molecule has 7 heteroatoms. The number of nitriles is 1. The number of nitrogens with zero attached hydrogens (tertiary/aromatic N) is 4. The standard InChI is InChI=1S/C22H25N5O2/c1-17(28)27(16-22(29)24-19-5-3-4-18(14-19)15-23)21-8-6-20(7-9-21)26-12-10-25(2)11-13-26/h3-9,14H,10-13,16H2,1-2H3,(H,24,29). The van der Waals surface area contributed by atoms with E-state index >= 15 is 0 Å². The first-order valence-electron chi connectivity index (χ1n) is 9.58. The van der Waals surface area contributed by atoms with Crippen LogP contribution in [0, 0.1) is 11.3 Å². The highest BCUT2D eigenvalue weighted by Crippen LogP contribution is 2.22. The fourth-order valence-electron chi connectivity index (χ4n) is 3.30. The topological polar surface area (TPSA) is 79.7 Å². The first-order chi connectivity index (χ1) is 14.0. The van der Waals surface area contributed by atoms with E-state index in [1.807, 2.05) is 30.3 Å². The van der Waals surface area contributed by atoms with Crippen molar-refractivity contribution in [2.75, 3.05) is 54.9 Å². The maximum atomic E-state index is 12.4. The average Bonchev–Trinajstić information content (AvgIpc) is 2.73. The Morgan fingerprint density at radius 2 is 1.79 bits per heavy atom. The number of anilines is 3. The Bertz CT molecular complexity index is 912. The van der Waals surface area contributed by atoms with E-state index in [2.05, 4.69) is 22.2 Å². The van der Waals surface area contributed by atoms with Gasteiger partial charge in [-0.15, -0.1) is 0 Å². The van der Waals surface area contributed by atoms with Crippen LogP contribution in [-0.4, -0.2) is 56.5 Å². The van der Waals surface area contributed by atoms with Crippen molar-refractivity contribution in [2.24, 2.45) is 0 Å². The molecule has 0 saturated carbocycles. The van der Waals surface area contributed by atoms with Gasteiger partial charge in [-0.05, 0) is 49.5 Å². The van der Waals surface area contributed by atoms with Gasteiger partial charge in [0.2, 0.25) is 11.8 Å². The number of piperazine rings is 1. The van der Waals surface area contributed by atoms with Gasteiger partial charge < -0.3 is 20.0 Å². The lowest BCUT2D eigenvalue weighted by molar-refractivity contribution is -0.120. The normalized spacial score (nSPS) is 14.2. The minimum atomic E-state index is -0.321. The first kappa shape index (κ1) is 20.4. The highest BCUT2D eigenvalue weighted by atomic mass is 16.2. The van der Waals surface area contributed by atoms with Crippen LogP contribution in [-0.2, 0) is 9.59 Å². The molecule has 1 N–H and O–H groups in total. The lowest BCUT2D eigenvalue weighted by atomic mass is 10.2. The van der Waals surface area contributed by atoms with E-state index in [1.54, 1.807) is 24.3 Å². The number of carbonyl (C=O) groups excluding carboxylic acids is 2. The smallest absolute Gasteiger partial charge is 0.244 e. The van der Waals surface area contributed by atoms with Gasteiger partial charge in [0.15, 0.2) is 0 Å². The average molecular weight is 391 g/mol. The minimum Gasteiger partial charge on any atom is -0.369 e. The van der Waals surface area contributed by atoms with Crippen molar-refractivity contribution in [1.82, 2.24) is 4.90 Å². The molecule has 3 rings (SSSR count). The third-order valence-corrected chi connectivity index (χ3v) is 4.99. The van der Waals surface area contributed by atoms with Crippen LogP contribution in [0.15, 0.2) is 48.5 Å². The van der Waals surface area contributed by atoms with Gasteiger partial charge in [0.05, 0.1) is 11.6 Å². The van der Waals surface area contributed by atoms with Crippen molar-refractivity contribution < 1.29 is 9.59 Å². The Morgan fingerprint density at radius 3 is 2.41 bits per heavy atom. The van der Waals surface area contributed by atoms with Gasteiger partial charge in [0.1, 0.15) is 6.54 Å². The molecule has 1 aliphatic rings.